The standard InChI is InChI=1S/C18H16F2N4O4.C11H13FN2O.C7H4FNO4/c19-13-3-1-2-12(10-13)17(25)22-6-8-23(9-7-22)18(26)21-14-4-5-16(24(27)28)15(20)11-14;12-10-3-1-2-9(8-10)11(15)14-6-4-13-5-7-14;8-5-3-4(7(10)11)1-2-6(5)9(12)13/h1-5,10-11H,6-9H2,(H,21,26);1-3,8,13H,4-7H2;1-3H,(H,10,11). The maximum Gasteiger partial charge on any atom is 0.335 e. The van der Waals surface area contributed by atoms with E-state index in [1.807, 2.05) is 0 Å². The van der Waals surface area contributed by atoms with Crippen LogP contribution >= 0.6 is 0 Å². The van der Waals surface area contributed by atoms with E-state index in [0.29, 0.717) is 24.7 Å². The number of carbonyl (C=O) groups is 4. The minimum atomic E-state index is -1.33. The van der Waals surface area contributed by atoms with Gasteiger partial charge in [-0.2, -0.15) is 8.78 Å². The molecule has 294 valence electrons. The van der Waals surface area contributed by atoms with E-state index < -0.39 is 50.7 Å². The number of carbonyl (C=O) groups excluding carboxylic acids is 3. The molecule has 0 unspecified atom stereocenters. The number of nitro benzene ring substituents is 2. The van der Waals surface area contributed by atoms with Gasteiger partial charge in [0.15, 0.2) is 0 Å². The summed E-state index contributed by atoms with van der Waals surface area (Å²) in [7, 11) is 0. The molecular weight excluding hydrogens is 750 g/mol. The number of halogens is 4. The van der Waals surface area contributed by atoms with Crippen LogP contribution in [0.15, 0.2) is 84.9 Å². The Morgan fingerprint density at radius 2 is 1.07 bits per heavy atom. The van der Waals surface area contributed by atoms with Crippen LogP contribution in [0.2, 0.25) is 0 Å². The van der Waals surface area contributed by atoms with Gasteiger partial charge in [0.25, 0.3) is 11.8 Å². The van der Waals surface area contributed by atoms with E-state index in [0.717, 1.165) is 43.4 Å². The zero-order valence-electron chi connectivity index (χ0n) is 29.2. The largest absolute Gasteiger partial charge is 0.478 e. The number of piperazine rings is 2. The smallest absolute Gasteiger partial charge is 0.335 e. The van der Waals surface area contributed by atoms with E-state index >= 15 is 0 Å². The number of carboxylic acid groups (broad SMARTS) is 1. The third-order valence-corrected chi connectivity index (χ3v) is 8.19. The van der Waals surface area contributed by atoms with E-state index in [-0.39, 0.29) is 60.6 Å². The van der Waals surface area contributed by atoms with Crippen molar-refractivity contribution >= 4 is 40.9 Å². The molecule has 2 fully saturated rings. The molecule has 0 aliphatic carbocycles. The third-order valence-electron chi connectivity index (χ3n) is 8.19. The van der Waals surface area contributed by atoms with E-state index in [1.54, 1.807) is 17.0 Å². The van der Waals surface area contributed by atoms with Crippen molar-refractivity contribution in [3.05, 3.63) is 145 Å². The molecule has 0 saturated carbocycles. The lowest BCUT2D eigenvalue weighted by atomic mass is 10.2. The molecule has 2 aliphatic rings. The molecular formula is C36H33F4N7O9. The number of nitrogens with one attached hydrogen (secondary N) is 2. The van der Waals surface area contributed by atoms with Crippen LogP contribution in [0.1, 0.15) is 31.1 Å². The van der Waals surface area contributed by atoms with Crippen molar-refractivity contribution in [3.63, 3.8) is 0 Å². The number of nitro groups is 2. The lowest BCUT2D eigenvalue weighted by molar-refractivity contribution is -0.387. The SMILES string of the molecule is O=C(Nc1ccc([N+](=O)[O-])c(F)c1)N1CCN(C(=O)c2cccc(F)c2)CC1.O=C(O)c1ccc([N+](=O)[O-])c(F)c1.O=C(c1cccc(F)c1)N1CCNCC1. The number of benzene rings is 4. The van der Waals surface area contributed by atoms with E-state index in [4.69, 9.17) is 5.11 Å². The van der Waals surface area contributed by atoms with Gasteiger partial charge in [-0.3, -0.25) is 29.8 Å². The summed E-state index contributed by atoms with van der Waals surface area (Å²) in [4.78, 5) is 70.5. The van der Waals surface area contributed by atoms with Gasteiger partial charge in [-0.25, -0.2) is 18.4 Å². The molecule has 3 N–H and O–H groups in total. The summed E-state index contributed by atoms with van der Waals surface area (Å²) >= 11 is 0. The van der Waals surface area contributed by atoms with Gasteiger partial charge in [0, 0.05) is 87.4 Å². The fraction of sp³-hybridized carbons (Fsp3) is 0.222. The molecule has 0 radical (unpaired) electrons. The van der Waals surface area contributed by atoms with Crippen LogP contribution in [0.5, 0.6) is 0 Å². The molecule has 6 rings (SSSR count). The van der Waals surface area contributed by atoms with Crippen LogP contribution in [-0.4, -0.2) is 106 Å². The molecule has 2 aliphatic heterocycles. The topological polar surface area (TPSA) is 209 Å². The summed E-state index contributed by atoms with van der Waals surface area (Å²) in [5, 5.41) is 34.8. The molecule has 16 nitrogen and oxygen atoms in total. The first kappa shape index (κ1) is 41.8. The first-order chi connectivity index (χ1) is 26.6. The first-order valence-electron chi connectivity index (χ1n) is 16.6. The predicted octanol–water partition coefficient (Wildman–Crippen LogP) is 5.17. The van der Waals surface area contributed by atoms with E-state index in [9.17, 15) is 57.0 Å². The van der Waals surface area contributed by atoms with Crippen molar-refractivity contribution in [3.8, 4) is 0 Å². The Morgan fingerprint density at radius 1 is 0.607 bits per heavy atom. The monoisotopic (exact) mass is 783 g/mol. The second kappa shape index (κ2) is 19.4. The summed E-state index contributed by atoms with van der Waals surface area (Å²) in [5.41, 5.74) is -0.974. The molecule has 56 heavy (non-hydrogen) atoms. The number of nitrogens with zero attached hydrogens (tertiary/aromatic N) is 5. The Balaban J connectivity index is 0.000000208. The fourth-order valence-corrected chi connectivity index (χ4v) is 5.31. The number of hydrogen-bond donors (Lipinski definition) is 3. The van der Waals surface area contributed by atoms with Crippen LogP contribution in [-0.2, 0) is 0 Å². The van der Waals surface area contributed by atoms with E-state index in [1.165, 1.54) is 46.2 Å². The zero-order valence-corrected chi connectivity index (χ0v) is 29.2. The van der Waals surface area contributed by atoms with Crippen LogP contribution in [0, 0.1) is 43.5 Å². The third kappa shape index (κ3) is 11.5. The van der Waals surface area contributed by atoms with Gasteiger partial charge in [-0.1, -0.05) is 12.1 Å². The highest BCUT2D eigenvalue weighted by molar-refractivity contribution is 5.95. The molecule has 2 saturated heterocycles. The molecule has 4 aromatic rings. The average Bonchev–Trinajstić information content (AvgIpc) is 3.18. The number of hydrogen-bond acceptors (Lipinski definition) is 9. The number of urea groups is 1. The Morgan fingerprint density at radius 3 is 1.52 bits per heavy atom. The Hall–Kier alpha value is -6.96. The first-order valence-corrected chi connectivity index (χ1v) is 16.6. The average molecular weight is 784 g/mol. The van der Waals surface area contributed by atoms with Crippen LogP contribution < -0.4 is 10.6 Å². The Bertz CT molecular complexity index is 2110. The normalized spacial score (nSPS) is 13.6. The number of aromatic carboxylic acids is 1. The second-order valence-corrected chi connectivity index (χ2v) is 11.9. The molecule has 4 amide bonds. The summed E-state index contributed by atoms with van der Waals surface area (Å²) in [6.07, 6.45) is 0. The van der Waals surface area contributed by atoms with Gasteiger partial charge >= 0.3 is 23.4 Å². The maximum atomic E-state index is 13.6. The quantitative estimate of drug-likeness (QED) is 0.133. The van der Waals surface area contributed by atoms with Crippen molar-refractivity contribution in [1.29, 1.82) is 0 Å². The molecule has 0 aromatic heterocycles. The van der Waals surface area contributed by atoms with Crippen LogP contribution in [0.4, 0.5) is 39.4 Å². The number of amides is 4. The van der Waals surface area contributed by atoms with Crippen LogP contribution in [0.25, 0.3) is 0 Å². The van der Waals surface area contributed by atoms with Crippen LogP contribution in [0.3, 0.4) is 0 Å². The molecule has 0 spiro atoms. The second-order valence-electron chi connectivity index (χ2n) is 11.9. The van der Waals surface area contributed by atoms with Crippen molar-refractivity contribution < 1.29 is 51.7 Å². The predicted molar refractivity (Wildman–Crippen MR) is 191 cm³/mol. The van der Waals surface area contributed by atoms with Gasteiger partial charge in [-0.05, 0) is 54.6 Å². The molecule has 0 atom stereocenters. The summed E-state index contributed by atoms with van der Waals surface area (Å²) in [6.45, 7) is 3.99. The number of anilines is 1. The zero-order chi connectivity index (χ0) is 40.9. The summed E-state index contributed by atoms with van der Waals surface area (Å²) in [5.74, 6) is -4.80. The minimum Gasteiger partial charge on any atom is -0.478 e. The lowest BCUT2D eigenvalue weighted by Gasteiger charge is -2.34. The van der Waals surface area contributed by atoms with Crippen molar-refractivity contribution in [2.45, 2.75) is 0 Å². The number of rotatable bonds is 6. The van der Waals surface area contributed by atoms with Gasteiger partial charge in [0.2, 0.25) is 11.6 Å². The summed E-state index contributed by atoms with van der Waals surface area (Å²) < 4.78 is 52.6. The molecule has 0 bridgehead atoms. The fourth-order valence-electron chi connectivity index (χ4n) is 5.31. The van der Waals surface area contributed by atoms with Gasteiger partial charge in [0.05, 0.1) is 15.4 Å². The summed E-state index contributed by atoms with van der Waals surface area (Å²) in [6, 6.07) is 16.2. The lowest BCUT2D eigenvalue weighted by Crippen LogP contribution is -2.51. The van der Waals surface area contributed by atoms with Crippen molar-refractivity contribution in [2.24, 2.45) is 0 Å². The van der Waals surface area contributed by atoms with Crippen molar-refractivity contribution in [1.82, 2.24) is 20.0 Å². The van der Waals surface area contributed by atoms with Gasteiger partial charge in [0.1, 0.15) is 11.6 Å². The molecule has 4 aromatic carbocycles. The highest BCUT2D eigenvalue weighted by Crippen LogP contribution is 2.22. The number of carboxylic acids is 1. The Labute approximate surface area is 315 Å². The van der Waals surface area contributed by atoms with Gasteiger partial charge in [-0.15, -0.1) is 0 Å². The molecule has 20 heteroatoms. The molecule has 2 heterocycles. The van der Waals surface area contributed by atoms with E-state index in [2.05, 4.69) is 10.6 Å². The van der Waals surface area contributed by atoms with Crippen molar-refractivity contribution in [2.75, 3.05) is 57.7 Å². The maximum absolute atomic E-state index is 13.6. The minimum absolute atomic E-state index is 0.0870. The Kier molecular flexibility index (Phi) is 14.5. The highest BCUT2D eigenvalue weighted by Gasteiger charge is 2.26. The van der Waals surface area contributed by atoms with Gasteiger partial charge < -0.3 is 30.4 Å². The highest BCUT2D eigenvalue weighted by atomic mass is 19.1.